The van der Waals surface area contributed by atoms with Crippen molar-refractivity contribution >= 4 is 5.78 Å². The lowest BCUT2D eigenvalue weighted by molar-refractivity contribution is -0.121. The first kappa shape index (κ1) is 11.2. The van der Waals surface area contributed by atoms with E-state index >= 15 is 0 Å². The standard InChI is InChI=1S/C14H18O2/c1-10(15)11-2-4-12(5-3-11)13-6-8-14(16)9-7-13/h6-9,11-12,16H,2-5H2,1H3. The van der Waals surface area contributed by atoms with Crippen molar-refractivity contribution in [3.8, 4) is 5.75 Å². The van der Waals surface area contributed by atoms with Gasteiger partial charge in [0.25, 0.3) is 0 Å². The summed E-state index contributed by atoms with van der Waals surface area (Å²) in [5, 5.41) is 9.23. The molecule has 0 amide bonds. The second-order valence-electron chi connectivity index (χ2n) is 4.75. The van der Waals surface area contributed by atoms with E-state index in [1.807, 2.05) is 12.1 Å². The molecule has 1 N–H and O–H groups in total. The zero-order chi connectivity index (χ0) is 11.5. The van der Waals surface area contributed by atoms with E-state index in [1.165, 1.54) is 5.56 Å². The van der Waals surface area contributed by atoms with Gasteiger partial charge in [0.2, 0.25) is 0 Å². The van der Waals surface area contributed by atoms with Gasteiger partial charge < -0.3 is 5.11 Å². The van der Waals surface area contributed by atoms with Crippen LogP contribution in [0.15, 0.2) is 24.3 Å². The fourth-order valence-corrected chi connectivity index (χ4v) is 2.58. The average molecular weight is 218 g/mol. The summed E-state index contributed by atoms with van der Waals surface area (Å²) >= 11 is 0. The van der Waals surface area contributed by atoms with Gasteiger partial charge in [-0.3, -0.25) is 4.79 Å². The summed E-state index contributed by atoms with van der Waals surface area (Å²) in [6, 6.07) is 7.47. The number of benzene rings is 1. The van der Waals surface area contributed by atoms with Crippen molar-refractivity contribution < 1.29 is 9.90 Å². The molecule has 1 saturated carbocycles. The number of phenols is 1. The maximum atomic E-state index is 11.3. The maximum absolute atomic E-state index is 11.3. The van der Waals surface area contributed by atoms with Crippen LogP contribution in [0.3, 0.4) is 0 Å². The van der Waals surface area contributed by atoms with Crippen molar-refractivity contribution in [2.24, 2.45) is 5.92 Å². The molecular weight excluding hydrogens is 200 g/mol. The molecular formula is C14H18O2. The van der Waals surface area contributed by atoms with E-state index in [0.717, 1.165) is 25.7 Å². The number of aromatic hydroxyl groups is 1. The molecule has 0 radical (unpaired) electrons. The van der Waals surface area contributed by atoms with Crippen molar-refractivity contribution in [1.82, 2.24) is 0 Å². The third-order valence-electron chi connectivity index (χ3n) is 3.67. The number of Topliss-reactive ketones (excluding diaryl/α,β-unsaturated/α-hetero) is 1. The molecule has 16 heavy (non-hydrogen) atoms. The van der Waals surface area contributed by atoms with Crippen LogP contribution in [0.4, 0.5) is 0 Å². The Kier molecular flexibility index (Phi) is 3.28. The van der Waals surface area contributed by atoms with Crippen molar-refractivity contribution in [3.05, 3.63) is 29.8 Å². The van der Waals surface area contributed by atoms with Crippen LogP contribution < -0.4 is 0 Å². The summed E-state index contributed by atoms with van der Waals surface area (Å²) < 4.78 is 0. The number of hydrogen-bond donors (Lipinski definition) is 1. The Bertz CT molecular complexity index is 359. The predicted octanol–water partition coefficient (Wildman–Crippen LogP) is 3.26. The highest BCUT2D eigenvalue weighted by molar-refractivity contribution is 5.78. The molecule has 0 unspecified atom stereocenters. The minimum absolute atomic E-state index is 0.286. The first-order valence-electron chi connectivity index (χ1n) is 5.96. The molecule has 1 aromatic carbocycles. The summed E-state index contributed by atoms with van der Waals surface area (Å²) in [6.07, 6.45) is 4.21. The largest absolute Gasteiger partial charge is 0.508 e. The molecule has 0 aliphatic heterocycles. The number of carbonyl (C=O) groups excluding carboxylic acids is 1. The Morgan fingerprint density at radius 1 is 1.12 bits per heavy atom. The molecule has 2 rings (SSSR count). The monoisotopic (exact) mass is 218 g/mol. The molecule has 1 aliphatic carbocycles. The van der Waals surface area contributed by atoms with Gasteiger partial charge in [-0.2, -0.15) is 0 Å². The smallest absolute Gasteiger partial charge is 0.132 e. The van der Waals surface area contributed by atoms with E-state index in [4.69, 9.17) is 0 Å². The van der Waals surface area contributed by atoms with E-state index in [1.54, 1.807) is 19.1 Å². The Morgan fingerprint density at radius 2 is 1.69 bits per heavy atom. The van der Waals surface area contributed by atoms with Gasteiger partial charge in [-0.05, 0) is 56.2 Å². The van der Waals surface area contributed by atoms with Gasteiger partial charge in [-0.1, -0.05) is 12.1 Å². The molecule has 1 fully saturated rings. The van der Waals surface area contributed by atoms with Gasteiger partial charge in [0.1, 0.15) is 11.5 Å². The Morgan fingerprint density at radius 3 is 2.19 bits per heavy atom. The molecule has 1 aromatic rings. The van der Waals surface area contributed by atoms with Crippen LogP contribution in [0.25, 0.3) is 0 Å². The molecule has 0 spiro atoms. The molecule has 2 nitrogen and oxygen atoms in total. The van der Waals surface area contributed by atoms with E-state index in [0.29, 0.717) is 17.5 Å². The Labute approximate surface area is 96.3 Å². The minimum Gasteiger partial charge on any atom is -0.508 e. The lowest BCUT2D eigenvalue weighted by atomic mass is 9.77. The van der Waals surface area contributed by atoms with Crippen molar-refractivity contribution in [2.75, 3.05) is 0 Å². The fourth-order valence-electron chi connectivity index (χ4n) is 2.58. The molecule has 86 valence electrons. The first-order valence-corrected chi connectivity index (χ1v) is 5.96. The number of rotatable bonds is 2. The van der Waals surface area contributed by atoms with E-state index < -0.39 is 0 Å². The van der Waals surface area contributed by atoms with Crippen LogP contribution in [0.1, 0.15) is 44.1 Å². The maximum Gasteiger partial charge on any atom is 0.132 e. The first-order chi connectivity index (χ1) is 7.66. The van der Waals surface area contributed by atoms with Gasteiger partial charge in [0.05, 0.1) is 0 Å². The quantitative estimate of drug-likeness (QED) is 0.827. The summed E-state index contributed by atoms with van der Waals surface area (Å²) in [5.41, 5.74) is 1.29. The van der Waals surface area contributed by atoms with Crippen molar-refractivity contribution in [2.45, 2.75) is 38.5 Å². The van der Waals surface area contributed by atoms with E-state index in [-0.39, 0.29) is 5.92 Å². The number of hydrogen-bond acceptors (Lipinski definition) is 2. The third-order valence-corrected chi connectivity index (χ3v) is 3.67. The van der Waals surface area contributed by atoms with Crippen molar-refractivity contribution in [3.63, 3.8) is 0 Å². The van der Waals surface area contributed by atoms with Crippen LogP contribution in [0.2, 0.25) is 0 Å². The summed E-state index contributed by atoms with van der Waals surface area (Å²) in [7, 11) is 0. The summed E-state index contributed by atoms with van der Waals surface area (Å²) in [5.74, 6) is 1.51. The van der Waals surface area contributed by atoms with Gasteiger partial charge in [0, 0.05) is 5.92 Å². The SMILES string of the molecule is CC(=O)C1CCC(c2ccc(O)cc2)CC1. The highest BCUT2D eigenvalue weighted by Gasteiger charge is 2.24. The zero-order valence-electron chi connectivity index (χ0n) is 9.65. The van der Waals surface area contributed by atoms with E-state index in [2.05, 4.69) is 0 Å². The second-order valence-corrected chi connectivity index (χ2v) is 4.75. The van der Waals surface area contributed by atoms with Crippen LogP contribution >= 0.6 is 0 Å². The molecule has 0 saturated heterocycles. The minimum atomic E-state index is 0.286. The van der Waals surface area contributed by atoms with Gasteiger partial charge >= 0.3 is 0 Å². The van der Waals surface area contributed by atoms with Crippen LogP contribution in [0, 0.1) is 5.92 Å². The third kappa shape index (κ3) is 2.43. The summed E-state index contributed by atoms with van der Waals surface area (Å²) in [6.45, 7) is 1.70. The summed E-state index contributed by atoms with van der Waals surface area (Å²) in [4.78, 5) is 11.3. The van der Waals surface area contributed by atoms with Gasteiger partial charge in [0.15, 0.2) is 0 Å². The topological polar surface area (TPSA) is 37.3 Å². The fraction of sp³-hybridized carbons (Fsp3) is 0.500. The highest BCUT2D eigenvalue weighted by atomic mass is 16.3. The number of phenolic OH excluding ortho intramolecular Hbond substituents is 1. The molecule has 1 aliphatic rings. The van der Waals surface area contributed by atoms with Crippen LogP contribution in [-0.2, 0) is 4.79 Å². The van der Waals surface area contributed by atoms with Gasteiger partial charge in [-0.25, -0.2) is 0 Å². The normalized spacial score (nSPS) is 25.3. The average Bonchev–Trinajstić information content (AvgIpc) is 2.30. The number of ketones is 1. The lowest BCUT2D eigenvalue weighted by Crippen LogP contribution is -2.18. The predicted molar refractivity (Wildman–Crippen MR) is 63.5 cm³/mol. The molecule has 0 atom stereocenters. The number of carbonyl (C=O) groups is 1. The van der Waals surface area contributed by atoms with Gasteiger partial charge in [-0.15, -0.1) is 0 Å². The van der Waals surface area contributed by atoms with E-state index in [9.17, 15) is 9.90 Å². The molecule has 0 aromatic heterocycles. The van der Waals surface area contributed by atoms with Crippen molar-refractivity contribution in [1.29, 1.82) is 0 Å². The Balaban J connectivity index is 1.99. The second kappa shape index (κ2) is 4.69. The highest BCUT2D eigenvalue weighted by Crippen LogP contribution is 2.36. The molecule has 0 bridgehead atoms. The molecule has 2 heteroatoms. The lowest BCUT2D eigenvalue weighted by Gasteiger charge is -2.27. The zero-order valence-corrected chi connectivity index (χ0v) is 9.65. The Hall–Kier alpha value is -1.31. The molecule has 0 heterocycles. The van der Waals surface area contributed by atoms with Crippen LogP contribution in [-0.4, -0.2) is 10.9 Å². The van der Waals surface area contributed by atoms with Crippen LogP contribution in [0.5, 0.6) is 5.75 Å².